The molecule has 0 saturated heterocycles. The van der Waals surface area contributed by atoms with Gasteiger partial charge in [0, 0.05) is 23.0 Å². The van der Waals surface area contributed by atoms with Crippen LogP contribution in [-0.2, 0) is 21.7 Å². The summed E-state index contributed by atoms with van der Waals surface area (Å²) < 4.78 is 7.17. The number of esters is 1. The van der Waals surface area contributed by atoms with Crippen LogP contribution in [0.25, 0.3) is 5.00 Å². The molecule has 0 unspecified atom stereocenters. The first kappa shape index (κ1) is 16.7. The van der Waals surface area contributed by atoms with Crippen molar-refractivity contribution < 1.29 is 14.3 Å². The molecule has 1 fully saturated rings. The van der Waals surface area contributed by atoms with Crippen LogP contribution in [0.3, 0.4) is 0 Å². The Bertz CT molecular complexity index is 779. The van der Waals surface area contributed by atoms with Gasteiger partial charge in [0.25, 0.3) is 5.91 Å². The summed E-state index contributed by atoms with van der Waals surface area (Å²) >= 11 is 3.57. The number of carbonyl (C=O) groups excluding carboxylic acids is 2. The minimum absolute atomic E-state index is 0.0734. The number of rotatable bonds is 6. The van der Waals surface area contributed by atoms with Crippen molar-refractivity contribution in [1.82, 2.24) is 9.88 Å². The van der Waals surface area contributed by atoms with Crippen LogP contribution in [0.2, 0.25) is 0 Å². The third-order valence-corrected chi connectivity index (χ3v) is 6.85. The van der Waals surface area contributed by atoms with Gasteiger partial charge in [0.05, 0.1) is 12.2 Å². The van der Waals surface area contributed by atoms with Gasteiger partial charge in [-0.1, -0.05) is 0 Å². The molecule has 2 aromatic heterocycles. The Balaban J connectivity index is 1.50. The highest BCUT2D eigenvalue weighted by Gasteiger charge is 2.27. The second-order valence-electron chi connectivity index (χ2n) is 6.39. The number of nitrogens with zero attached hydrogens (tertiary/aromatic N) is 1. The van der Waals surface area contributed by atoms with E-state index in [-0.39, 0.29) is 18.4 Å². The normalized spacial score (nSPS) is 16.3. The second-order valence-corrected chi connectivity index (χ2v) is 8.57. The predicted octanol–water partition coefficient (Wildman–Crippen LogP) is 3.01. The van der Waals surface area contributed by atoms with Crippen LogP contribution in [0.4, 0.5) is 0 Å². The summed E-state index contributed by atoms with van der Waals surface area (Å²) in [5, 5.41) is 3.69. The van der Waals surface area contributed by atoms with Crippen LogP contribution in [-0.4, -0.2) is 35.3 Å². The Morgan fingerprint density at radius 2 is 2.08 bits per heavy atom. The molecule has 1 aliphatic carbocycles. The fourth-order valence-electron chi connectivity index (χ4n) is 2.89. The maximum atomic E-state index is 12.8. The van der Waals surface area contributed by atoms with E-state index in [1.807, 2.05) is 40.9 Å². The van der Waals surface area contributed by atoms with Gasteiger partial charge >= 0.3 is 5.97 Å². The summed E-state index contributed by atoms with van der Waals surface area (Å²) in [4.78, 5) is 25.9. The van der Waals surface area contributed by atoms with E-state index in [1.54, 1.807) is 11.3 Å². The first-order chi connectivity index (χ1) is 12.2. The van der Waals surface area contributed by atoms with Crippen molar-refractivity contribution in [3.05, 3.63) is 40.5 Å². The quantitative estimate of drug-likeness (QED) is 0.788. The largest absolute Gasteiger partial charge is 0.464 e. The Morgan fingerprint density at radius 1 is 1.28 bits per heavy atom. The van der Waals surface area contributed by atoms with Gasteiger partial charge in [0.15, 0.2) is 0 Å². The highest BCUT2D eigenvalue weighted by Crippen LogP contribution is 2.38. The lowest BCUT2D eigenvalue weighted by Crippen LogP contribution is -2.32. The van der Waals surface area contributed by atoms with Crippen molar-refractivity contribution in [1.29, 1.82) is 0 Å². The first-order valence-electron chi connectivity index (χ1n) is 8.52. The van der Waals surface area contributed by atoms with Crippen LogP contribution in [0, 0.1) is 5.92 Å². The molecular weight excluding hydrogens is 356 g/mol. The fourth-order valence-corrected chi connectivity index (χ4v) is 5.33. The summed E-state index contributed by atoms with van der Waals surface area (Å²) in [5.74, 6) is 1.96. The molecule has 1 amide bonds. The summed E-state index contributed by atoms with van der Waals surface area (Å²) in [6.07, 6.45) is 7.07. The highest BCUT2D eigenvalue weighted by atomic mass is 32.2. The fraction of sp³-hybridized carbons (Fsp3) is 0.444. The molecule has 4 rings (SSSR count). The number of amides is 1. The van der Waals surface area contributed by atoms with Crippen LogP contribution in [0.1, 0.15) is 33.6 Å². The number of aromatic nitrogens is 1. The molecule has 7 heteroatoms. The van der Waals surface area contributed by atoms with Crippen molar-refractivity contribution in [3.63, 3.8) is 0 Å². The number of ether oxygens (including phenoxy) is 1. The molecule has 2 aromatic rings. The zero-order chi connectivity index (χ0) is 17.2. The van der Waals surface area contributed by atoms with E-state index in [2.05, 4.69) is 5.32 Å². The highest BCUT2D eigenvalue weighted by molar-refractivity contribution is 7.98. The number of thiophene rings is 1. The Kier molecular flexibility index (Phi) is 4.85. The van der Waals surface area contributed by atoms with E-state index in [4.69, 9.17) is 4.74 Å². The van der Waals surface area contributed by atoms with Gasteiger partial charge in [-0.15, -0.1) is 11.3 Å². The molecule has 1 N–H and O–H groups in total. The molecule has 0 bridgehead atoms. The summed E-state index contributed by atoms with van der Waals surface area (Å²) in [6, 6.07) is 3.90. The van der Waals surface area contributed by atoms with Crippen molar-refractivity contribution in [2.24, 2.45) is 5.92 Å². The van der Waals surface area contributed by atoms with Crippen LogP contribution >= 0.6 is 23.1 Å². The zero-order valence-corrected chi connectivity index (χ0v) is 15.5. The lowest BCUT2D eigenvalue weighted by atomic mass is 10.1. The molecule has 25 heavy (non-hydrogen) atoms. The van der Waals surface area contributed by atoms with E-state index in [0.717, 1.165) is 41.3 Å². The summed E-state index contributed by atoms with van der Waals surface area (Å²) in [7, 11) is 0. The molecule has 0 radical (unpaired) electrons. The standard InChI is InChI=1S/C18H20N2O3S2/c21-15(23-10-12-3-4-12)9-19-17(22)16-13-5-8-24-11-14(13)25-18(16)20-6-1-2-7-20/h1-2,6-7,12H,3-5,8-11H2,(H,19,22). The second kappa shape index (κ2) is 7.25. The number of thioether (sulfide) groups is 1. The summed E-state index contributed by atoms with van der Waals surface area (Å²) in [6.45, 7) is 0.407. The number of hydrogen-bond donors (Lipinski definition) is 1. The number of carbonyl (C=O) groups is 2. The Hall–Kier alpha value is -1.73. The average molecular weight is 377 g/mol. The van der Waals surface area contributed by atoms with E-state index >= 15 is 0 Å². The molecule has 1 saturated carbocycles. The minimum Gasteiger partial charge on any atom is -0.464 e. The monoisotopic (exact) mass is 376 g/mol. The average Bonchev–Trinajstić information content (AvgIpc) is 3.15. The van der Waals surface area contributed by atoms with Crippen LogP contribution < -0.4 is 5.32 Å². The molecule has 132 valence electrons. The van der Waals surface area contributed by atoms with Gasteiger partial charge in [-0.2, -0.15) is 11.8 Å². The predicted molar refractivity (Wildman–Crippen MR) is 99.5 cm³/mol. The number of hydrogen-bond acceptors (Lipinski definition) is 5. The molecule has 0 aromatic carbocycles. The van der Waals surface area contributed by atoms with E-state index in [1.165, 1.54) is 4.88 Å². The molecule has 0 atom stereocenters. The number of nitrogens with one attached hydrogen (secondary N) is 1. The topological polar surface area (TPSA) is 60.3 Å². The van der Waals surface area contributed by atoms with E-state index < -0.39 is 0 Å². The third-order valence-electron chi connectivity index (χ3n) is 4.44. The number of fused-ring (bicyclic) bond motifs is 1. The third kappa shape index (κ3) is 3.77. The molecule has 3 heterocycles. The molecular formula is C18H20N2O3S2. The van der Waals surface area contributed by atoms with Crippen LogP contribution in [0.15, 0.2) is 24.5 Å². The van der Waals surface area contributed by atoms with E-state index in [9.17, 15) is 9.59 Å². The van der Waals surface area contributed by atoms with Crippen LogP contribution in [0.5, 0.6) is 0 Å². The van der Waals surface area contributed by atoms with Gasteiger partial charge in [0.1, 0.15) is 11.5 Å². The maximum Gasteiger partial charge on any atom is 0.325 e. The maximum absolute atomic E-state index is 12.8. The van der Waals surface area contributed by atoms with Gasteiger partial charge in [-0.05, 0) is 48.6 Å². The molecule has 5 nitrogen and oxygen atoms in total. The Labute approximate surface area is 154 Å². The van der Waals surface area contributed by atoms with Crippen molar-refractivity contribution in [2.45, 2.75) is 25.0 Å². The van der Waals surface area contributed by atoms with E-state index in [0.29, 0.717) is 18.1 Å². The first-order valence-corrected chi connectivity index (χ1v) is 10.5. The molecule has 1 aliphatic heterocycles. The molecule has 2 aliphatic rings. The van der Waals surface area contributed by atoms with Crippen molar-refractivity contribution in [3.8, 4) is 5.00 Å². The summed E-state index contributed by atoms with van der Waals surface area (Å²) in [5.41, 5.74) is 1.85. The van der Waals surface area contributed by atoms with Crippen molar-refractivity contribution >= 4 is 35.0 Å². The minimum atomic E-state index is -0.359. The van der Waals surface area contributed by atoms with Gasteiger partial charge in [-0.25, -0.2) is 0 Å². The molecule has 0 spiro atoms. The lowest BCUT2D eigenvalue weighted by molar-refractivity contribution is -0.142. The SMILES string of the molecule is O=C(CNC(=O)c1c(-n2cccc2)sc2c1CCSC2)OCC1CC1. The van der Waals surface area contributed by atoms with Gasteiger partial charge in [0.2, 0.25) is 0 Å². The van der Waals surface area contributed by atoms with Crippen molar-refractivity contribution in [2.75, 3.05) is 18.9 Å². The Morgan fingerprint density at radius 3 is 2.84 bits per heavy atom. The zero-order valence-electron chi connectivity index (χ0n) is 13.8. The van der Waals surface area contributed by atoms with Gasteiger partial charge < -0.3 is 14.6 Å². The van der Waals surface area contributed by atoms with Gasteiger partial charge in [-0.3, -0.25) is 9.59 Å². The lowest BCUT2D eigenvalue weighted by Gasteiger charge is -2.13. The smallest absolute Gasteiger partial charge is 0.325 e.